The highest BCUT2D eigenvalue weighted by Crippen LogP contribution is 2.19. The first kappa shape index (κ1) is 14.8. The Bertz CT molecular complexity index is 446. The second-order valence-corrected chi connectivity index (χ2v) is 3.87. The fourth-order valence-electron chi connectivity index (χ4n) is 1.37. The zero-order chi connectivity index (χ0) is 14.3. The van der Waals surface area contributed by atoms with E-state index in [0.29, 0.717) is 11.5 Å². The Morgan fingerprint density at radius 1 is 1.37 bits per heavy atom. The maximum Gasteiger partial charge on any atom is 0.305 e. The Morgan fingerprint density at radius 3 is 2.68 bits per heavy atom. The van der Waals surface area contributed by atoms with Gasteiger partial charge in [0.05, 0.1) is 13.5 Å². The Labute approximate surface area is 111 Å². The molecule has 1 atom stereocenters. The van der Waals surface area contributed by atoms with E-state index in [2.05, 4.69) is 5.32 Å². The molecule has 1 unspecified atom stereocenters. The molecule has 19 heavy (non-hydrogen) atoms. The van der Waals surface area contributed by atoms with Crippen molar-refractivity contribution in [1.82, 2.24) is 5.32 Å². The van der Waals surface area contributed by atoms with Gasteiger partial charge in [0.25, 0.3) is 5.91 Å². The lowest BCUT2D eigenvalue weighted by atomic mass is 10.3. The maximum absolute atomic E-state index is 11.6. The molecule has 6 nitrogen and oxygen atoms in total. The van der Waals surface area contributed by atoms with E-state index in [1.807, 2.05) is 0 Å². The van der Waals surface area contributed by atoms with Crippen molar-refractivity contribution in [3.8, 4) is 11.5 Å². The molecule has 0 spiro atoms. The summed E-state index contributed by atoms with van der Waals surface area (Å²) in [5, 5.41) is 10.9. The van der Waals surface area contributed by atoms with Gasteiger partial charge in [0, 0.05) is 12.6 Å². The fraction of sp³-hybridized carbons (Fsp3) is 0.385. The second kappa shape index (κ2) is 7.25. The normalized spacial score (nSPS) is 11.5. The summed E-state index contributed by atoms with van der Waals surface area (Å²) < 4.78 is 10.5. The zero-order valence-electron chi connectivity index (χ0n) is 10.9. The van der Waals surface area contributed by atoms with Crippen LogP contribution in [-0.2, 0) is 9.59 Å². The molecule has 0 aliphatic heterocycles. The molecule has 0 saturated heterocycles. The van der Waals surface area contributed by atoms with Gasteiger partial charge in [-0.05, 0) is 19.1 Å². The van der Waals surface area contributed by atoms with Crippen LogP contribution in [0.4, 0.5) is 0 Å². The molecule has 1 aromatic carbocycles. The van der Waals surface area contributed by atoms with E-state index in [9.17, 15) is 9.59 Å². The standard InChI is InChI=1S/C13H17NO5/c1-9(13(17)14-7-6-12(15)16)19-11-5-3-4-10(8-11)18-2/h3-5,8-9H,6-7H2,1-2H3,(H,14,17)(H,15,16). The van der Waals surface area contributed by atoms with Gasteiger partial charge in [0.2, 0.25) is 0 Å². The van der Waals surface area contributed by atoms with Crippen LogP contribution in [0.25, 0.3) is 0 Å². The summed E-state index contributed by atoms with van der Waals surface area (Å²) in [6.45, 7) is 1.68. The van der Waals surface area contributed by atoms with Gasteiger partial charge < -0.3 is 19.9 Å². The highest BCUT2D eigenvalue weighted by atomic mass is 16.5. The first-order valence-corrected chi connectivity index (χ1v) is 5.83. The molecule has 1 rings (SSSR count). The summed E-state index contributed by atoms with van der Waals surface area (Å²) in [6, 6.07) is 6.90. The van der Waals surface area contributed by atoms with E-state index in [4.69, 9.17) is 14.6 Å². The minimum atomic E-state index is -0.957. The van der Waals surface area contributed by atoms with Crippen molar-refractivity contribution in [2.45, 2.75) is 19.4 Å². The van der Waals surface area contributed by atoms with E-state index in [-0.39, 0.29) is 18.9 Å². The number of carbonyl (C=O) groups excluding carboxylic acids is 1. The summed E-state index contributed by atoms with van der Waals surface area (Å²) >= 11 is 0. The maximum atomic E-state index is 11.6. The average Bonchev–Trinajstić information content (AvgIpc) is 2.38. The average molecular weight is 267 g/mol. The van der Waals surface area contributed by atoms with Crippen LogP contribution >= 0.6 is 0 Å². The summed E-state index contributed by atoms with van der Waals surface area (Å²) in [5.41, 5.74) is 0. The van der Waals surface area contributed by atoms with Crippen LogP contribution in [0.3, 0.4) is 0 Å². The van der Waals surface area contributed by atoms with Gasteiger partial charge >= 0.3 is 5.97 Å². The lowest BCUT2D eigenvalue weighted by Crippen LogP contribution is -2.37. The van der Waals surface area contributed by atoms with Crippen LogP contribution in [0, 0.1) is 0 Å². The number of rotatable bonds is 7. The number of ether oxygens (including phenoxy) is 2. The largest absolute Gasteiger partial charge is 0.497 e. The molecule has 1 amide bonds. The summed E-state index contributed by atoms with van der Waals surface area (Å²) in [6.07, 6.45) is -0.821. The number of hydrogen-bond acceptors (Lipinski definition) is 4. The smallest absolute Gasteiger partial charge is 0.305 e. The van der Waals surface area contributed by atoms with Gasteiger partial charge in [-0.15, -0.1) is 0 Å². The number of methoxy groups -OCH3 is 1. The number of aliphatic carboxylic acids is 1. The Hall–Kier alpha value is -2.24. The first-order chi connectivity index (χ1) is 9.02. The van der Waals surface area contributed by atoms with Gasteiger partial charge in [-0.3, -0.25) is 9.59 Å². The monoisotopic (exact) mass is 267 g/mol. The molecule has 0 aromatic heterocycles. The quantitative estimate of drug-likeness (QED) is 0.771. The van der Waals surface area contributed by atoms with Gasteiger partial charge in [-0.25, -0.2) is 0 Å². The fourth-order valence-corrected chi connectivity index (χ4v) is 1.37. The molecule has 0 aliphatic carbocycles. The molecule has 104 valence electrons. The lowest BCUT2D eigenvalue weighted by molar-refractivity contribution is -0.137. The Kier molecular flexibility index (Phi) is 5.66. The van der Waals surface area contributed by atoms with Gasteiger partial charge in [-0.2, -0.15) is 0 Å². The van der Waals surface area contributed by atoms with E-state index in [1.54, 1.807) is 38.3 Å². The molecule has 0 heterocycles. The molecule has 0 bridgehead atoms. The van der Waals surface area contributed by atoms with Crippen molar-refractivity contribution in [2.24, 2.45) is 0 Å². The number of nitrogens with one attached hydrogen (secondary N) is 1. The SMILES string of the molecule is COc1cccc(OC(C)C(=O)NCCC(=O)O)c1. The predicted molar refractivity (Wildman–Crippen MR) is 68.3 cm³/mol. The van der Waals surface area contributed by atoms with Crippen LogP contribution in [0.2, 0.25) is 0 Å². The summed E-state index contributed by atoms with van der Waals surface area (Å²) in [7, 11) is 1.54. The Balaban J connectivity index is 2.46. The highest BCUT2D eigenvalue weighted by molar-refractivity contribution is 5.81. The van der Waals surface area contributed by atoms with Crippen molar-refractivity contribution in [3.63, 3.8) is 0 Å². The van der Waals surface area contributed by atoms with E-state index >= 15 is 0 Å². The number of carboxylic acids is 1. The third-order valence-corrected chi connectivity index (χ3v) is 2.36. The molecular formula is C13H17NO5. The number of carboxylic acid groups (broad SMARTS) is 1. The van der Waals surface area contributed by atoms with Crippen LogP contribution in [0.1, 0.15) is 13.3 Å². The third kappa shape index (κ3) is 5.29. The topological polar surface area (TPSA) is 84.9 Å². The van der Waals surface area contributed by atoms with Crippen LogP contribution in [-0.4, -0.2) is 36.7 Å². The molecule has 1 aromatic rings. The van der Waals surface area contributed by atoms with E-state index in [1.165, 1.54) is 0 Å². The third-order valence-electron chi connectivity index (χ3n) is 2.36. The van der Waals surface area contributed by atoms with E-state index in [0.717, 1.165) is 0 Å². The van der Waals surface area contributed by atoms with Gasteiger partial charge in [-0.1, -0.05) is 6.07 Å². The van der Waals surface area contributed by atoms with Crippen molar-refractivity contribution < 1.29 is 24.2 Å². The van der Waals surface area contributed by atoms with Crippen LogP contribution in [0.5, 0.6) is 11.5 Å². The van der Waals surface area contributed by atoms with Crippen molar-refractivity contribution in [3.05, 3.63) is 24.3 Å². The van der Waals surface area contributed by atoms with Crippen LogP contribution < -0.4 is 14.8 Å². The van der Waals surface area contributed by atoms with Crippen molar-refractivity contribution >= 4 is 11.9 Å². The molecule has 6 heteroatoms. The summed E-state index contributed by atoms with van der Waals surface area (Å²) in [5.74, 6) is -0.165. The number of carbonyl (C=O) groups is 2. The lowest BCUT2D eigenvalue weighted by Gasteiger charge is -2.14. The molecule has 0 fully saturated rings. The molecule has 0 aliphatic rings. The minimum absolute atomic E-state index is 0.0833. The zero-order valence-corrected chi connectivity index (χ0v) is 10.9. The van der Waals surface area contributed by atoms with Crippen molar-refractivity contribution in [2.75, 3.05) is 13.7 Å². The molecule has 2 N–H and O–H groups in total. The van der Waals surface area contributed by atoms with Crippen molar-refractivity contribution in [1.29, 1.82) is 0 Å². The predicted octanol–water partition coefficient (Wildman–Crippen LogP) is 1.05. The van der Waals surface area contributed by atoms with Gasteiger partial charge in [0.15, 0.2) is 6.10 Å². The highest BCUT2D eigenvalue weighted by Gasteiger charge is 2.14. The molecule has 0 saturated carbocycles. The number of amides is 1. The molecular weight excluding hydrogens is 250 g/mol. The molecule has 0 radical (unpaired) electrons. The Morgan fingerprint density at radius 2 is 2.05 bits per heavy atom. The number of benzene rings is 1. The summed E-state index contributed by atoms with van der Waals surface area (Å²) in [4.78, 5) is 21.9. The van der Waals surface area contributed by atoms with E-state index < -0.39 is 12.1 Å². The number of hydrogen-bond donors (Lipinski definition) is 2. The second-order valence-electron chi connectivity index (χ2n) is 3.87. The first-order valence-electron chi connectivity index (χ1n) is 5.83. The van der Waals surface area contributed by atoms with Crippen LogP contribution in [0.15, 0.2) is 24.3 Å². The minimum Gasteiger partial charge on any atom is -0.497 e. The van der Waals surface area contributed by atoms with Gasteiger partial charge in [0.1, 0.15) is 11.5 Å².